The van der Waals surface area contributed by atoms with Gasteiger partial charge in [-0.15, -0.1) is 24.0 Å². The van der Waals surface area contributed by atoms with E-state index in [-0.39, 0.29) is 30.0 Å². The van der Waals surface area contributed by atoms with Gasteiger partial charge in [0.1, 0.15) is 5.15 Å². The van der Waals surface area contributed by atoms with Gasteiger partial charge in [-0.25, -0.2) is 0 Å². The first-order valence-electron chi connectivity index (χ1n) is 9.14. The molecule has 0 amide bonds. The molecule has 0 bridgehead atoms. The van der Waals surface area contributed by atoms with Crippen LogP contribution in [-0.2, 0) is 13.6 Å². The van der Waals surface area contributed by atoms with Crippen molar-refractivity contribution in [2.45, 2.75) is 12.6 Å². The minimum Gasteiger partial charge on any atom is -0.493 e. The number of benzene rings is 1. The predicted octanol–water partition coefficient (Wildman–Crippen LogP) is 3.94. The van der Waals surface area contributed by atoms with E-state index in [0.717, 1.165) is 11.3 Å². The molecule has 10 heteroatoms. The van der Waals surface area contributed by atoms with E-state index < -0.39 is 0 Å². The van der Waals surface area contributed by atoms with Crippen molar-refractivity contribution in [2.75, 3.05) is 41.9 Å². The Hall–Kier alpha value is -1.36. The summed E-state index contributed by atoms with van der Waals surface area (Å²) < 4.78 is 12.6. The maximum Gasteiger partial charge on any atom is 0.191 e. The molecule has 2 N–H and O–H groups in total. The molecule has 1 unspecified atom stereocenters. The zero-order valence-corrected chi connectivity index (χ0v) is 22.0. The molecular formula is C20H30Cl2IN5O2. The number of aromatic nitrogens is 1. The number of likely N-dealkylation sites (N-methyl/N-ethyl adjacent to an activating group) is 1. The summed E-state index contributed by atoms with van der Waals surface area (Å²) in [5.74, 6) is 2.10. The van der Waals surface area contributed by atoms with Crippen LogP contribution in [0.25, 0.3) is 0 Å². The molecule has 0 aliphatic rings. The lowest BCUT2D eigenvalue weighted by molar-refractivity contribution is 0.295. The first-order chi connectivity index (χ1) is 13.8. The third-order valence-corrected chi connectivity index (χ3v) is 5.60. The molecule has 1 atom stereocenters. The fraction of sp³-hybridized carbons (Fsp3) is 0.450. The average Bonchev–Trinajstić information content (AvgIpc) is 2.96. The smallest absolute Gasteiger partial charge is 0.191 e. The van der Waals surface area contributed by atoms with Gasteiger partial charge >= 0.3 is 0 Å². The van der Waals surface area contributed by atoms with Crippen molar-refractivity contribution >= 4 is 53.1 Å². The van der Waals surface area contributed by atoms with E-state index in [1.807, 2.05) is 50.0 Å². The summed E-state index contributed by atoms with van der Waals surface area (Å²) in [5.41, 5.74) is 2.07. The van der Waals surface area contributed by atoms with Crippen LogP contribution in [0.5, 0.6) is 11.5 Å². The lowest BCUT2D eigenvalue weighted by Gasteiger charge is -2.26. The first kappa shape index (κ1) is 26.7. The molecule has 30 heavy (non-hydrogen) atoms. The van der Waals surface area contributed by atoms with Gasteiger partial charge in [-0.2, -0.15) is 0 Å². The van der Waals surface area contributed by atoms with E-state index in [1.165, 1.54) is 0 Å². The fourth-order valence-electron chi connectivity index (χ4n) is 3.01. The number of ether oxygens (including phenoxy) is 2. The monoisotopic (exact) mass is 569 g/mol. The SMILES string of the molecule is CN=C(NCc1cc(Cl)c(Cl)n1C)NCC(c1ccc(OC)c(OC)c1)N(C)C.I. The number of methoxy groups -OCH3 is 2. The van der Waals surface area contributed by atoms with Gasteiger partial charge in [0, 0.05) is 26.3 Å². The molecule has 2 rings (SSSR count). The van der Waals surface area contributed by atoms with E-state index in [2.05, 4.69) is 20.5 Å². The molecule has 0 fully saturated rings. The number of hydrogen-bond acceptors (Lipinski definition) is 4. The first-order valence-corrected chi connectivity index (χ1v) is 9.90. The molecule has 168 valence electrons. The quantitative estimate of drug-likeness (QED) is 0.286. The highest BCUT2D eigenvalue weighted by molar-refractivity contribution is 14.0. The summed E-state index contributed by atoms with van der Waals surface area (Å²) in [5, 5.41) is 7.73. The molecule has 7 nitrogen and oxygen atoms in total. The lowest BCUT2D eigenvalue weighted by atomic mass is 10.1. The second-order valence-corrected chi connectivity index (χ2v) is 7.50. The Kier molecular flexibility index (Phi) is 11.1. The predicted molar refractivity (Wildman–Crippen MR) is 135 cm³/mol. The maximum atomic E-state index is 6.13. The highest BCUT2D eigenvalue weighted by Crippen LogP contribution is 2.31. The largest absolute Gasteiger partial charge is 0.493 e. The van der Waals surface area contributed by atoms with Gasteiger partial charge in [0.05, 0.1) is 31.8 Å². The molecule has 0 aliphatic heterocycles. The Labute approximate surface area is 205 Å². The van der Waals surface area contributed by atoms with Gasteiger partial charge < -0.3 is 29.6 Å². The van der Waals surface area contributed by atoms with E-state index in [1.54, 1.807) is 21.3 Å². The topological polar surface area (TPSA) is 63.1 Å². The Morgan fingerprint density at radius 3 is 2.30 bits per heavy atom. The van der Waals surface area contributed by atoms with Crippen LogP contribution in [0.3, 0.4) is 0 Å². The molecule has 0 saturated carbocycles. The molecular weight excluding hydrogens is 540 g/mol. The van der Waals surface area contributed by atoms with Crippen molar-refractivity contribution in [1.82, 2.24) is 20.1 Å². The Balaban J connectivity index is 0.00000450. The number of halogens is 3. The minimum absolute atomic E-state index is 0. The zero-order chi connectivity index (χ0) is 21.6. The Bertz CT molecular complexity index is 858. The average molecular weight is 570 g/mol. The Morgan fingerprint density at radius 2 is 1.80 bits per heavy atom. The summed E-state index contributed by atoms with van der Waals surface area (Å²) in [7, 11) is 11.0. The lowest BCUT2D eigenvalue weighted by Crippen LogP contribution is -2.41. The molecule has 1 aromatic heterocycles. The summed E-state index contributed by atoms with van der Waals surface area (Å²) in [4.78, 5) is 6.44. The van der Waals surface area contributed by atoms with Crippen molar-refractivity contribution in [3.63, 3.8) is 0 Å². The summed E-state index contributed by atoms with van der Waals surface area (Å²) in [6.07, 6.45) is 0. The van der Waals surface area contributed by atoms with Crippen LogP contribution in [0.1, 0.15) is 17.3 Å². The van der Waals surface area contributed by atoms with Gasteiger partial charge in [-0.1, -0.05) is 29.3 Å². The molecule has 0 aliphatic carbocycles. The van der Waals surface area contributed by atoms with Gasteiger partial charge in [0.2, 0.25) is 0 Å². The fourth-order valence-corrected chi connectivity index (χ4v) is 3.42. The number of guanidine groups is 1. The number of aliphatic imine (C=N–C) groups is 1. The normalized spacial score (nSPS) is 12.4. The number of nitrogens with one attached hydrogen (secondary N) is 2. The number of nitrogens with zero attached hydrogens (tertiary/aromatic N) is 3. The molecule has 2 aromatic rings. The van der Waals surface area contributed by atoms with E-state index in [0.29, 0.717) is 40.7 Å². The van der Waals surface area contributed by atoms with Crippen LogP contribution >= 0.6 is 47.2 Å². The van der Waals surface area contributed by atoms with Crippen molar-refractivity contribution in [1.29, 1.82) is 0 Å². The van der Waals surface area contributed by atoms with Gasteiger partial charge in [-0.3, -0.25) is 4.99 Å². The number of hydrogen-bond donors (Lipinski definition) is 2. The molecule has 1 heterocycles. The standard InChI is InChI=1S/C20H29Cl2N5O2.HI/c1-23-20(24-11-14-10-15(21)19(22)27(14)4)25-12-16(26(2)3)13-7-8-17(28-5)18(9-13)29-6;/h7-10,16H,11-12H2,1-6H3,(H2,23,24,25);1H. The van der Waals surface area contributed by atoms with Crippen molar-refractivity contribution in [2.24, 2.45) is 12.0 Å². The second kappa shape index (κ2) is 12.5. The molecule has 0 spiro atoms. The van der Waals surface area contributed by atoms with Crippen LogP contribution < -0.4 is 20.1 Å². The van der Waals surface area contributed by atoms with Gasteiger partial charge in [-0.05, 0) is 37.9 Å². The second-order valence-electron chi connectivity index (χ2n) is 6.73. The summed E-state index contributed by atoms with van der Waals surface area (Å²) in [6, 6.07) is 7.90. The number of rotatable bonds is 8. The van der Waals surface area contributed by atoms with Crippen molar-refractivity contribution in [3.05, 3.63) is 45.7 Å². The third kappa shape index (κ3) is 6.57. The van der Waals surface area contributed by atoms with Crippen LogP contribution in [0.15, 0.2) is 29.3 Å². The van der Waals surface area contributed by atoms with Gasteiger partial charge in [0.15, 0.2) is 17.5 Å². The van der Waals surface area contributed by atoms with Crippen LogP contribution in [-0.4, -0.2) is 57.3 Å². The third-order valence-electron chi connectivity index (χ3n) is 4.75. The van der Waals surface area contributed by atoms with E-state index in [9.17, 15) is 0 Å². The minimum atomic E-state index is 0. The summed E-state index contributed by atoms with van der Waals surface area (Å²) in [6.45, 7) is 1.20. The highest BCUT2D eigenvalue weighted by Gasteiger charge is 2.17. The van der Waals surface area contributed by atoms with E-state index in [4.69, 9.17) is 32.7 Å². The van der Waals surface area contributed by atoms with E-state index >= 15 is 0 Å². The molecule has 0 radical (unpaired) electrons. The zero-order valence-electron chi connectivity index (χ0n) is 18.1. The van der Waals surface area contributed by atoms with Crippen LogP contribution in [0.4, 0.5) is 0 Å². The van der Waals surface area contributed by atoms with Crippen molar-refractivity contribution < 1.29 is 9.47 Å². The molecule has 0 saturated heterocycles. The summed E-state index contributed by atoms with van der Waals surface area (Å²) >= 11 is 12.2. The maximum absolute atomic E-state index is 6.13. The highest BCUT2D eigenvalue weighted by atomic mass is 127. The van der Waals surface area contributed by atoms with Crippen LogP contribution in [0.2, 0.25) is 10.2 Å². The Morgan fingerprint density at radius 1 is 1.13 bits per heavy atom. The molecule has 1 aromatic carbocycles. The van der Waals surface area contributed by atoms with Gasteiger partial charge in [0.25, 0.3) is 0 Å². The van der Waals surface area contributed by atoms with Crippen LogP contribution in [0, 0.1) is 0 Å². The van der Waals surface area contributed by atoms with Crippen molar-refractivity contribution in [3.8, 4) is 11.5 Å².